The van der Waals surface area contributed by atoms with Crippen LogP contribution in [-0.4, -0.2) is 14.5 Å². The van der Waals surface area contributed by atoms with Crippen LogP contribution in [0, 0.1) is 20.8 Å². The fourth-order valence-electron chi connectivity index (χ4n) is 3.22. The molecule has 0 aliphatic carbocycles. The fourth-order valence-corrected chi connectivity index (χ4v) is 5.20. The van der Waals surface area contributed by atoms with Gasteiger partial charge in [-0.15, -0.1) is 0 Å². The summed E-state index contributed by atoms with van der Waals surface area (Å²) in [5, 5.41) is 0. The van der Waals surface area contributed by atoms with Crippen molar-refractivity contribution in [3.63, 3.8) is 0 Å². The van der Waals surface area contributed by atoms with Crippen LogP contribution in [0.1, 0.15) is 29.2 Å². The van der Waals surface area contributed by atoms with Crippen molar-refractivity contribution in [1.82, 2.24) is 0 Å². The molecule has 0 bridgehead atoms. The molecule has 0 fully saturated rings. The highest BCUT2D eigenvalue weighted by molar-refractivity contribution is 7.93. The molecule has 1 heterocycles. The van der Waals surface area contributed by atoms with E-state index in [1.54, 1.807) is 10.4 Å². The van der Waals surface area contributed by atoms with E-state index >= 15 is 0 Å². The number of aryl methyl sites for hydroxylation is 1. The lowest BCUT2D eigenvalue weighted by atomic mass is 10.1. The van der Waals surface area contributed by atoms with Crippen molar-refractivity contribution >= 4 is 15.7 Å². The Balaban J connectivity index is 2.18. The Morgan fingerprint density at radius 3 is 2.41 bits per heavy atom. The lowest BCUT2D eigenvalue weighted by molar-refractivity contribution is 0.583. The molecule has 0 radical (unpaired) electrons. The van der Waals surface area contributed by atoms with Gasteiger partial charge in [-0.25, -0.2) is 8.42 Å². The molecule has 0 amide bonds. The highest BCUT2D eigenvalue weighted by Gasteiger charge is 2.36. The maximum Gasteiger partial charge on any atom is 0.264 e. The first-order chi connectivity index (χ1) is 10.3. The Morgan fingerprint density at radius 2 is 1.68 bits per heavy atom. The number of hydrogen-bond donors (Lipinski definition) is 0. The molecule has 0 aromatic heterocycles. The molecule has 4 heteroatoms. The molecule has 2 aromatic rings. The summed E-state index contributed by atoms with van der Waals surface area (Å²) >= 11 is 0. The molecule has 1 aliphatic rings. The van der Waals surface area contributed by atoms with E-state index in [0.717, 1.165) is 34.4 Å². The fraction of sp³-hybridized carbons (Fsp3) is 0.333. The number of rotatable bonds is 2. The maximum absolute atomic E-state index is 13.2. The van der Waals surface area contributed by atoms with Gasteiger partial charge in [0, 0.05) is 6.04 Å². The summed E-state index contributed by atoms with van der Waals surface area (Å²) in [7, 11) is -3.54. The lowest BCUT2D eigenvalue weighted by Gasteiger charge is -2.26. The zero-order valence-corrected chi connectivity index (χ0v) is 14.2. The van der Waals surface area contributed by atoms with Gasteiger partial charge in [0.1, 0.15) is 0 Å². The lowest BCUT2D eigenvalue weighted by Crippen LogP contribution is -2.36. The van der Waals surface area contributed by atoms with E-state index in [1.165, 1.54) is 0 Å². The Labute approximate surface area is 132 Å². The van der Waals surface area contributed by atoms with Crippen molar-refractivity contribution in [2.75, 3.05) is 4.31 Å². The van der Waals surface area contributed by atoms with Gasteiger partial charge < -0.3 is 0 Å². The number of anilines is 1. The molecule has 0 N–H and O–H groups in total. The third-order valence-electron chi connectivity index (χ3n) is 4.69. The summed E-state index contributed by atoms with van der Waals surface area (Å²) in [6, 6.07) is 11.3. The van der Waals surface area contributed by atoms with E-state index in [4.69, 9.17) is 0 Å². The first kappa shape index (κ1) is 15.1. The summed E-state index contributed by atoms with van der Waals surface area (Å²) in [4.78, 5) is 0.416. The average molecular weight is 315 g/mol. The molecule has 22 heavy (non-hydrogen) atoms. The third kappa shape index (κ3) is 2.13. The molecule has 1 atom stereocenters. The highest BCUT2D eigenvalue weighted by Crippen LogP contribution is 2.37. The van der Waals surface area contributed by atoms with Crippen LogP contribution in [0.25, 0.3) is 0 Å². The highest BCUT2D eigenvalue weighted by atomic mass is 32.2. The van der Waals surface area contributed by atoms with E-state index in [-0.39, 0.29) is 6.04 Å². The molecule has 0 saturated heterocycles. The third-order valence-corrected chi connectivity index (χ3v) is 6.76. The second kappa shape index (κ2) is 5.13. The SMILES string of the molecule is Cc1ccc(S(=O)(=O)N2c3ccccc3C[C@@H]2C)c(C)c1C. The quantitative estimate of drug-likeness (QED) is 0.846. The topological polar surface area (TPSA) is 37.4 Å². The van der Waals surface area contributed by atoms with Gasteiger partial charge in [-0.2, -0.15) is 0 Å². The predicted octanol–water partition coefficient (Wildman–Crippen LogP) is 3.75. The first-order valence-corrected chi connectivity index (χ1v) is 8.97. The molecule has 0 unspecified atom stereocenters. The second-order valence-electron chi connectivity index (χ2n) is 6.11. The Bertz CT molecular complexity index is 840. The minimum absolute atomic E-state index is 0.0524. The van der Waals surface area contributed by atoms with Crippen molar-refractivity contribution < 1.29 is 8.42 Å². The molecule has 2 aromatic carbocycles. The second-order valence-corrected chi connectivity index (χ2v) is 7.90. The Hall–Kier alpha value is -1.81. The van der Waals surface area contributed by atoms with Crippen molar-refractivity contribution in [3.05, 3.63) is 58.7 Å². The monoisotopic (exact) mass is 315 g/mol. The van der Waals surface area contributed by atoms with Gasteiger partial charge in [0.05, 0.1) is 10.6 Å². The van der Waals surface area contributed by atoms with Crippen LogP contribution in [0.5, 0.6) is 0 Å². The number of nitrogens with zero attached hydrogens (tertiary/aromatic N) is 1. The largest absolute Gasteiger partial charge is 0.264 e. The molecule has 1 aliphatic heterocycles. The number of sulfonamides is 1. The maximum atomic E-state index is 13.2. The summed E-state index contributed by atoms with van der Waals surface area (Å²) in [6.07, 6.45) is 0.763. The van der Waals surface area contributed by atoms with Gasteiger partial charge in [-0.05, 0) is 68.5 Å². The number of hydrogen-bond acceptors (Lipinski definition) is 2. The van der Waals surface area contributed by atoms with E-state index in [1.807, 2.05) is 58.0 Å². The number of fused-ring (bicyclic) bond motifs is 1. The number of benzene rings is 2. The van der Waals surface area contributed by atoms with E-state index in [0.29, 0.717) is 4.90 Å². The summed E-state index contributed by atoms with van der Waals surface area (Å²) < 4.78 is 28.0. The Kier molecular flexibility index (Phi) is 3.52. The van der Waals surface area contributed by atoms with E-state index < -0.39 is 10.0 Å². The molecular weight excluding hydrogens is 294 g/mol. The summed E-state index contributed by atoms with van der Waals surface area (Å²) in [5.74, 6) is 0. The molecule has 0 spiro atoms. The number of para-hydroxylation sites is 1. The van der Waals surface area contributed by atoms with Gasteiger partial charge in [-0.1, -0.05) is 24.3 Å². The molecule has 3 nitrogen and oxygen atoms in total. The van der Waals surface area contributed by atoms with Crippen molar-refractivity contribution in [2.45, 2.75) is 45.1 Å². The van der Waals surface area contributed by atoms with Gasteiger partial charge in [-0.3, -0.25) is 4.31 Å². The minimum atomic E-state index is -3.54. The Morgan fingerprint density at radius 1 is 1.00 bits per heavy atom. The van der Waals surface area contributed by atoms with Gasteiger partial charge in [0.2, 0.25) is 0 Å². The van der Waals surface area contributed by atoms with Crippen LogP contribution in [0.4, 0.5) is 5.69 Å². The molecule has 0 saturated carbocycles. The van der Waals surface area contributed by atoms with Crippen LogP contribution in [0.3, 0.4) is 0 Å². The van der Waals surface area contributed by atoms with E-state index in [2.05, 4.69) is 0 Å². The zero-order chi connectivity index (χ0) is 16.1. The normalized spacial score (nSPS) is 17.6. The van der Waals surface area contributed by atoms with E-state index in [9.17, 15) is 8.42 Å². The smallest absolute Gasteiger partial charge is 0.263 e. The van der Waals surface area contributed by atoms with Crippen LogP contribution in [0.2, 0.25) is 0 Å². The van der Waals surface area contributed by atoms with Crippen molar-refractivity contribution in [2.24, 2.45) is 0 Å². The van der Waals surface area contributed by atoms with Gasteiger partial charge in [0.15, 0.2) is 0 Å². The minimum Gasteiger partial charge on any atom is -0.263 e. The molecular formula is C18H21NO2S. The molecule has 116 valence electrons. The van der Waals surface area contributed by atoms with Crippen molar-refractivity contribution in [1.29, 1.82) is 0 Å². The zero-order valence-electron chi connectivity index (χ0n) is 13.4. The average Bonchev–Trinajstić information content (AvgIpc) is 2.80. The standard InChI is InChI=1S/C18H21NO2S/c1-12-9-10-18(15(4)14(12)3)22(20,21)19-13(2)11-16-7-5-6-8-17(16)19/h5-10,13H,11H2,1-4H3/t13-/m0/s1. The van der Waals surface area contributed by atoms with Crippen LogP contribution >= 0.6 is 0 Å². The summed E-state index contributed by atoms with van der Waals surface area (Å²) in [5.41, 5.74) is 4.91. The first-order valence-electron chi connectivity index (χ1n) is 7.53. The molecule has 3 rings (SSSR count). The van der Waals surface area contributed by atoms with Crippen LogP contribution in [0.15, 0.2) is 41.3 Å². The van der Waals surface area contributed by atoms with Crippen LogP contribution < -0.4 is 4.31 Å². The van der Waals surface area contributed by atoms with Crippen LogP contribution in [-0.2, 0) is 16.4 Å². The van der Waals surface area contributed by atoms with Crippen molar-refractivity contribution in [3.8, 4) is 0 Å². The van der Waals surface area contributed by atoms with Gasteiger partial charge in [0.25, 0.3) is 10.0 Å². The summed E-state index contributed by atoms with van der Waals surface area (Å²) in [6.45, 7) is 7.84. The van der Waals surface area contributed by atoms with Gasteiger partial charge >= 0.3 is 0 Å². The predicted molar refractivity (Wildman–Crippen MR) is 89.9 cm³/mol.